The van der Waals surface area contributed by atoms with Crippen molar-refractivity contribution in [1.82, 2.24) is 10.6 Å². The molecule has 0 aromatic heterocycles. The van der Waals surface area contributed by atoms with Crippen LogP contribution in [0.25, 0.3) is 0 Å². The molecule has 6 nitrogen and oxygen atoms in total. The first kappa shape index (κ1) is 17.8. The molecule has 0 aliphatic rings. The SMILES string of the molecule is CC(C)(C)OC(=O)NC/C=C/CNCc1cccc(O)c1O. The van der Waals surface area contributed by atoms with Crippen LogP contribution in [0.15, 0.2) is 30.4 Å². The Morgan fingerprint density at radius 1 is 1.23 bits per heavy atom. The lowest BCUT2D eigenvalue weighted by Gasteiger charge is -2.19. The van der Waals surface area contributed by atoms with Gasteiger partial charge in [0.05, 0.1) is 0 Å². The summed E-state index contributed by atoms with van der Waals surface area (Å²) >= 11 is 0. The molecule has 1 aromatic rings. The zero-order chi connectivity index (χ0) is 16.6. The molecule has 0 saturated heterocycles. The van der Waals surface area contributed by atoms with Crippen LogP contribution < -0.4 is 10.6 Å². The molecule has 0 fully saturated rings. The monoisotopic (exact) mass is 308 g/mol. The van der Waals surface area contributed by atoms with Gasteiger partial charge in [-0.1, -0.05) is 24.3 Å². The van der Waals surface area contributed by atoms with Gasteiger partial charge in [0, 0.05) is 25.2 Å². The van der Waals surface area contributed by atoms with Gasteiger partial charge in [-0.15, -0.1) is 0 Å². The normalized spacial score (nSPS) is 11.6. The number of rotatable bonds is 6. The number of hydrogen-bond donors (Lipinski definition) is 4. The van der Waals surface area contributed by atoms with Crippen LogP contribution in [0.5, 0.6) is 11.5 Å². The Morgan fingerprint density at radius 3 is 2.59 bits per heavy atom. The van der Waals surface area contributed by atoms with Crippen LogP contribution in [-0.4, -0.2) is 35.0 Å². The van der Waals surface area contributed by atoms with Gasteiger partial charge in [0.15, 0.2) is 11.5 Å². The number of nitrogens with one attached hydrogen (secondary N) is 2. The van der Waals surface area contributed by atoms with Crippen LogP contribution in [-0.2, 0) is 11.3 Å². The summed E-state index contributed by atoms with van der Waals surface area (Å²) in [4.78, 5) is 11.4. The van der Waals surface area contributed by atoms with Crippen LogP contribution in [0.1, 0.15) is 26.3 Å². The number of hydrogen-bond acceptors (Lipinski definition) is 5. The predicted molar refractivity (Wildman–Crippen MR) is 84.9 cm³/mol. The van der Waals surface area contributed by atoms with Gasteiger partial charge in [-0.05, 0) is 26.8 Å². The molecule has 22 heavy (non-hydrogen) atoms. The van der Waals surface area contributed by atoms with Gasteiger partial charge in [-0.25, -0.2) is 4.79 Å². The molecule has 4 N–H and O–H groups in total. The second-order valence-electron chi connectivity index (χ2n) is 5.77. The molecule has 122 valence electrons. The number of phenols is 2. The Balaban J connectivity index is 2.19. The summed E-state index contributed by atoms with van der Waals surface area (Å²) in [7, 11) is 0. The smallest absolute Gasteiger partial charge is 0.407 e. The Kier molecular flexibility index (Phi) is 6.72. The lowest BCUT2D eigenvalue weighted by atomic mass is 10.2. The number of amides is 1. The van der Waals surface area contributed by atoms with E-state index in [0.717, 1.165) is 0 Å². The molecule has 0 heterocycles. The number of aromatic hydroxyl groups is 2. The first-order chi connectivity index (χ1) is 10.3. The van der Waals surface area contributed by atoms with Gasteiger partial charge in [0.25, 0.3) is 0 Å². The highest BCUT2D eigenvalue weighted by molar-refractivity contribution is 5.67. The molecule has 0 bridgehead atoms. The van der Waals surface area contributed by atoms with E-state index in [0.29, 0.717) is 25.2 Å². The van der Waals surface area contributed by atoms with E-state index in [-0.39, 0.29) is 11.5 Å². The maximum atomic E-state index is 11.4. The number of alkyl carbamates (subject to hydrolysis) is 1. The predicted octanol–water partition coefficient (Wildman–Crippen LogP) is 2.27. The number of phenolic OH excluding ortho intramolecular Hbond substituents is 2. The standard InChI is InChI=1S/C16H24N2O4/c1-16(2,3)22-15(21)18-10-5-4-9-17-11-12-7-6-8-13(19)14(12)20/h4-8,17,19-20H,9-11H2,1-3H3,(H,18,21)/b5-4+. The first-order valence-electron chi connectivity index (χ1n) is 7.12. The minimum Gasteiger partial charge on any atom is -0.504 e. The van der Waals surface area contributed by atoms with Gasteiger partial charge in [0.1, 0.15) is 5.60 Å². The van der Waals surface area contributed by atoms with Crippen molar-refractivity contribution in [3.05, 3.63) is 35.9 Å². The molecular formula is C16H24N2O4. The Bertz CT molecular complexity index is 521. The lowest BCUT2D eigenvalue weighted by molar-refractivity contribution is 0.0534. The molecule has 1 rings (SSSR count). The van der Waals surface area contributed by atoms with Crippen molar-refractivity contribution >= 4 is 6.09 Å². The van der Waals surface area contributed by atoms with E-state index in [1.165, 1.54) is 6.07 Å². The largest absolute Gasteiger partial charge is 0.504 e. The van der Waals surface area contributed by atoms with Gasteiger partial charge < -0.3 is 25.6 Å². The zero-order valence-corrected chi connectivity index (χ0v) is 13.2. The molecule has 1 amide bonds. The number of benzene rings is 1. The molecule has 0 spiro atoms. The average Bonchev–Trinajstić information content (AvgIpc) is 2.40. The van der Waals surface area contributed by atoms with E-state index in [1.54, 1.807) is 18.2 Å². The summed E-state index contributed by atoms with van der Waals surface area (Å²) in [5.74, 6) is -0.234. The Hall–Kier alpha value is -2.21. The van der Waals surface area contributed by atoms with Crippen LogP contribution in [0, 0.1) is 0 Å². The highest BCUT2D eigenvalue weighted by Gasteiger charge is 2.14. The number of carbonyl (C=O) groups is 1. The van der Waals surface area contributed by atoms with Gasteiger partial charge in [0.2, 0.25) is 0 Å². The van der Waals surface area contributed by atoms with Crippen molar-refractivity contribution in [2.45, 2.75) is 32.9 Å². The van der Waals surface area contributed by atoms with Crippen molar-refractivity contribution in [1.29, 1.82) is 0 Å². The third-order valence-electron chi connectivity index (χ3n) is 2.61. The second kappa shape index (κ2) is 8.29. The number of carbonyl (C=O) groups excluding carboxylic acids is 1. The third-order valence-corrected chi connectivity index (χ3v) is 2.61. The summed E-state index contributed by atoms with van der Waals surface area (Å²) in [5, 5.41) is 24.7. The molecule has 0 aliphatic heterocycles. The maximum Gasteiger partial charge on any atom is 0.407 e. The molecule has 0 atom stereocenters. The molecule has 0 aliphatic carbocycles. The fourth-order valence-corrected chi connectivity index (χ4v) is 1.63. The van der Waals surface area contributed by atoms with E-state index in [4.69, 9.17) is 4.74 Å². The van der Waals surface area contributed by atoms with Crippen molar-refractivity contribution in [2.75, 3.05) is 13.1 Å². The van der Waals surface area contributed by atoms with E-state index in [1.807, 2.05) is 26.8 Å². The molecule has 0 unspecified atom stereocenters. The number of para-hydroxylation sites is 1. The van der Waals surface area contributed by atoms with E-state index >= 15 is 0 Å². The third kappa shape index (κ3) is 6.99. The van der Waals surface area contributed by atoms with E-state index < -0.39 is 11.7 Å². The quantitative estimate of drug-likeness (QED) is 0.368. The second-order valence-corrected chi connectivity index (χ2v) is 5.77. The van der Waals surface area contributed by atoms with Crippen LogP contribution in [0.4, 0.5) is 4.79 Å². The van der Waals surface area contributed by atoms with Crippen LogP contribution in [0.3, 0.4) is 0 Å². The summed E-state index contributed by atoms with van der Waals surface area (Å²) in [6.45, 7) is 6.82. The maximum absolute atomic E-state index is 11.4. The van der Waals surface area contributed by atoms with Crippen molar-refractivity contribution < 1.29 is 19.7 Å². The Labute approximate surface area is 130 Å². The van der Waals surface area contributed by atoms with E-state index in [2.05, 4.69) is 10.6 Å². The first-order valence-corrected chi connectivity index (χ1v) is 7.12. The van der Waals surface area contributed by atoms with Crippen molar-refractivity contribution in [3.63, 3.8) is 0 Å². The van der Waals surface area contributed by atoms with Crippen LogP contribution in [0.2, 0.25) is 0 Å². The van der Waals surface area contributed by atoms with Gasteiger partial charge in [-0.2, -0.15) is 0 Å². The van der Waals surface area contributed by atoms with Gasteiger partial charge >= 0.3 is 6.09 Å². The summed E-state index contributed by atoms with van der Waals surface area (Å²) in [6, 6.07) is 4.84. The fraction of sp³-hybridized carbons (Fsp3) is 0.438. The number of ether oxygens (including phenoxy) is 1. The van der Waals surface area contributed by atoms with Crippen molar-refractivity contribution in [3.8, 4) is 11.5 Å². The minimum atomic E-state index is -0.501. The summed E-state index contributed by atoms with van der Waals surface area (Å²) in [5.41, 5.74) is 0.124. The summed E-state index contributed by atoms with van der Waals surface area (Å²) < 4.78 is 5.10. The molecule has 6 heteroatoms. The topological polar surface area (TPSA) is 90.8 Å². The van der Waals surface area contributed by atoms with Crippen LogP contribution >= 0.6 is 0 Å². The molecule has 0 radical (unpaired) electrons. The highest BCUT2D eigenvalue weighted by Crippen LogP contribution is 2.27. The van der Waals surface area contributed by atoms with Crippen molar-refractivity contribution in [2.24, 2.45) is 0 Å². The lowest BCUT2D eigenvalue weighted by Crippen LogP contribution is -2.32. The highest BCUT2D eigenvalue weighted by atomic mass is 16.6. The Morgan fingerprint density at radius 2 is 1.91 bits per heavy atom. The van der Waals surface area contributed by atoms with Gasteiger partial charge in [-0.3, -0.25) is 0 Å². The molecule has 1 aromatic carbocycles. The zero-order valence-electron chi connectivity index (χ0n) is 13.2. The fourth-order valence-electron chi connectivity index (χ4n) is 1.63. The average molecular weight is 308 g/mol. The molecule has 0 saturated carbocycles. The molecular weight excluding hydrogens is 284 g/mol. The summed E-state index contributed by atoms with van der Waals surface area (Å²) in [6.07, 6.45) is 3.21. The van der Waals surface area contributed by atoms with E-state index in [9.17, 15) is 15.0 Å². The minimum absolute atomic E-state index is 0.106.